The fraction of sp³-hybridized carbons (Fsp3) is 0.541. The van der Waals surface area contributed by atoms with Crippen molar-refractivity contribution in [2.24, 2.45) is 5.73 Å². The summed E-state index contributed by atoms with van der Waals surface area (Å²) < 4.78 is 5.96. The van der Waals surface area contributed by atoms with E-state index in [9.17, 15) is 14.7 Å². The monoisotopic (exact) mass is 683 g/mol. The molecule has 1 aromatic rings. The van der Waals surface area contributed by atoms with Crippen LogP contribution in [0.4, 0.5) is 0 Å². The van der Waals surface area contributed by atoms with Gasteiger partial charge in [-0.25, -0.2) is 0 Å². The predicted molar refractivity (Wildman–Crippen MR) is 194 cm³/mol. The van der Waals surface area contributed by atoms with Gasteiger partial charge in [0.2, 0.25) is 5.84 Å². The Morgan fingerprint density at radius 1 is 1.23 bits per heavy atom. The number of amidine groups is 1. The van der Waals surface area contributed by atoms with Gasteiger partial charge in [0, 0.05) is 36.2 Å². The van der Waals surface area contributed by atoms with E-state index >= 15 is 0 Å². The number of nitrogens with zero attached hydrogens (tertiary/aromatic N) is 1. The average molecular weight is 684 g/mol. The van der Waals surface area contributed by atoms with Crippen molar-refractivity contribution in [3.05, 3.63) is 75.6 Å². The third-order valence-electron chi connectivity index (χ3n) is 9.49. The van der Waals surface area contributed by atoms with Crippen molar-refractivity contribution in [1.29, 1.82) is 0 Å². The number of rotatable bonds is 8. The SMILES string of the molecule is CCC(N)=[NH+]C1CNC(=C(C)C)N2CC(NC(=O)c3cccc4c3OCCC4(C)C)[C@@H](O)[C@]12C.C\C=C(Cl)/C=C\C(=C\CC)C(=O)NC. The first kappa shape index (κ1) is 38.7. The van der Waals surface area contributed by atoms with Crippen LogP contribution < -0.4 is 31.4 Å². The first-order valence-corrected chi connectivity index (χ1v) is 17.3. The Balaban J connectivity index is 0.000000378. The van der Waals surface area contributed by atoms with Crippen LogP contribution in [0.1, 0.15) is 90.6 Å². The highest BCUT2D eigenvalue weighted by molar-refractivity contribution is 6.31. The first-order chi connectivity index (χ1) is 22.7. The van der Waals surface area contributed by atoms with E-state index in [1.807, 2.05) is 45.9 Å². The maximum absolute atomic E-state index is 13.5. The number of nitrogens with two attached hydrogens (primary N) is 1. The van der Waals surface area contributed by atoms with E-state index in [1.165, 1.54) is 0 Å². The Kier molecular flexibility index (Phi) is 13.4. The number of nitrogens with one attached hydrogen (secondary N) is 4. The highest BCUT2D eigenvalue weighted by atomic mass is 35.5. The topological polar surface area (TPSA) is 143 Å². The van der Waals surface area contributed by atoms with Crippen molar-refractivity contribution in [3.8, 4) is 5.75 Å². The van der Waals surface area contributed by atoms with Crippen molar-refractivity contribution >= 4 is 29.3 Å². The molecule has 3 heterocycles. The molecule has 2 amide bonds. The smallest absolute Gasteiger partial charge is 0.255 e. The summed E-state index contributed by atoms with van der Waals surface area (Å²) in [6.45, 7) is 18.0. The molecule has 10 nitrogen and oxygen atoms in total. The van der Waals surface area contributed by atoms with Gasteiger partial charge < -0.3 is 30.7 Å². The summed E-state index contributed by atoms with van der Waals surface area (Å²) in [4.78, 5) is 30.4. The molecule has 0 bridgehead atoms. The Morgan fingerprint density at radius 2 is 1.94 bits per heavy atom. The Bertz CT molecular complexity index is 1490. The third kappa shape index (κ3) is 8.44. The molecule has 264 valence electrons. The number of aliphatic hydroxyl groups is 1. The highest BCUT2D eigenvalue weighted by Gasteiger charge is 2.59. The van der Waals surface area contributed by atoms with Crippen LogP contribution in [0.15, 0.2) is 64.5 Å². The standard InChI is InChI=1S/C26H39N5O3.C11H16ClNO/c1-7-20(27)30-19-13-28-23(15(2)3)31-14-18(22(32)26(19,31)6)29-24(33)16-9-8-10-17-21(16)34-12-11-25(17,4)5;1-4-6-9(11(14)13-3)7-8-10(12)5-2/h8-10,18-19,22,28,32H,7,11-14H2,1-6H3,(H2,27,30)(H,29,33);5-8H,4H2,1-3H3,(H,13,14)/p+1/b;8-7-,9-6-,10-5+/t18?,19?,22-,26+;/m1./s1. The lowest BCUT2D eigenvalue weighted by molar-refractivity contribution is -0.525. The Hall–Kier alpha value is -3.76. The van der Waals surface area contributed by atoms with Gasteiger partial charge >= 0.3 is 0 Å². The van der Waals surface area contributed by atoms with Gasteiger partial charge in [0.05, 0.1) is 24.8 Å². The lowest BCUT2D eigenvalue weighted by Gasteiger charge is -2.47. The van der Waals surface area contributed by atoms with Crippen molar-refractivity contribution in [3.63, 3.8) is 0 Å². The van der Waals surface area contributed by atoms with Gasteiger partial charge in [-0.1, -0.05) is 63.6 Å². The number of benzene rings is 1. The second-order valence-electron chi connectivity index (χ2n) is 13.5. The number of aliphatic hydroxyl groups excluding tert-OH is 1. The van der Waals surface area contributed by atoms with Crippen molar-refractivity contribution in [1.82, 2.24) is 20.9 Å². The molecule has 0 radical (unpaired) electrons. The summed E-state index contributed by atoms with van der Waals surface area (Å²) in [6, 6.07) is 5.17. The predicted octanol–water partition coefficient (Wildman–Crippen LogP) is 3.12. The number of likely N-dealkylation sites (N-methyl/N-ethyl adjacent to an activating group) is 1. The van der Waals surface area contributed by atoms with Crippen LogP contribution in [0.25, 0.3) is 0 Å². The minimum atomic E-state index is -0.799. The van der Waals surface area contributed by atoms with E-state index in [2.05, 4.69) is 53.5 Å². The fourth-order valence-corrected chi connectivity index (χ4v) is 6.50. The molecule has 2 fully saturated rings. The van der Waals surface area contributed by atoms with Crippen LogP contribution in [0.3, 0.4) is 0 Å². The summed E-state index contributed by atoms with van der Waals surface area (Å²) in [5.74, 6) is 2.02. The number of amides is 2. The van der Waals surface area contributed by atoms with Gasteiger partial charge in [-0.15, -0.1) is 0 Å². The van der Waals surface area contributed by atoms with Crippen LogP contribution in [0.2, 0.25) is 0 Å². The van der Waals surface area contributed by atoms with Crippen LogP contribution in [0, 0.1) is 0 Å². The van der Waals surface area contributed by atoms with E-state index in [0.29, 0.717) is 53.9 Å². The van der Waals surface area contributed by atoms with E-state index in [1.54, 1.807) is 31.3 Å². The maximum atomic E-state index is 13.5. The van der Waals surface area contributed by atoms with Crippen molar-refractivity contribution in [2.45, 2.75) is 104 Å². The minimum absolute atomic E-state index is 0.0521. The molecular weight excluding hydrogens is 628 g/mol. The average Bonchev–Trinajstić information content (AvgIpc) is 3.32. The fourth-order valence-electron chi connectivity index (χ4n) is 6.44. The van der Waals surface area contributed by atoms with Gasteiger partial charge in [0.15, 0.2) is 0 Å². The second-order valence-corrected chi connectivity index (χ2v) is 13.9. The van der Waals surface area contributed by atoms with Gasteiger partial charge in [0.25, 0.3) is 11.8 Å². The number of allylic oxidation sites excluding steroid dienone is 5. The number of hydrogen-bond acceptors (Lipinski definition) is 6. The molecule has 2 saturated heterocycles. The molecule has 0 spiro atoms. The molecule has 48 heavy (non-hydrogen) atoms. The van der Waals surface area contributed by atoms with E-state index in [4.69, 9.17) is 22.1 Å². The summed E-state index contributed by atoms with van der Waals surface area (Å²) in [6.07, 6.45) is 8.68. The molecule has 1 aromatic carbocycles. The van der Waals surface area contributed by atoms with Gasteiger partial charge in [0.1, 0.15) is 29.3 Å². The van der Waals surface area contributed by atoms with Crippen molar-refractivity contribution < 1.29 is 24.4 Å². The zero-order valence-electron chi connectivity index (χ0n) is 30.1. The lowest BCUT2D eigenvalue weighted by Crippen LogP contribution is -2.92. The van der Waals surface area contributed by atoms with Gasteiger partial charge in [-0.2, -0.15) is 0 Å². The second kappa shape index (κ2) is 16.6. The molecule has 4 atom stereocenters. The molecule has 2 unspecified atom stereocenters. The summed E-state index contributed by atoms with van der Waals surface area (Å²) >= 11 is 5.77. The number of para-hydroxylation sites is 1. The number of halogens is 1. The maximum Gasteiger partial charge on any atom is 0.255 e. The van der Waals surface area contributed by atoms with E-state index in [-0.39, 0.29) is 23.3 Å². The molecule has 0 aromatic heterocycles. The molecule has 0 aliphatic carbocycles. The molecule has 3 aliphatic rings. The van der Waals surface area contributed by atoms with E-state index < -0.39 is 17.7 Å². The lowest BCUT2D eigenvalue weighted by atomic mass is 9.79. The Morgan fingerprint density at radius 3 is 2.54 bits per heavy atom. The highest BCUT2D eigenvalue weighted by Crippen LogP contribution is 2.41. The number of fused-ring (bicyclic) bond motifs is 2. The molecule has 3 aliphatic heterocycles. The number of carbonyl (C=O) groups excluding carboxylic acids is 2. The van der Waals surface area contributed by atoms with Crippen molar-refractivity contribution in [2.75, 3.05) is 26.7 Å². The molecule has 7 N–H and O–H groups in total. The van der Waals surface area contributed by atoms with E-state index in [0.717, 1.165) is 29.8 Å². The summed E-state index contributed by atoms with van der Waals surface area (Å²) in [5, 5.41) is 21.4. The molecule has 4 rings (SSSR count). The normalized spacial score (nSPS) is 25.2. The molecular formula is C37H56ClN6O4+. The zero-order chi connectivity index (χ0) is 35.8. The first-order valence-electron chi connectivity index (χ1n) is 16.9. The van der Waals surface area contributed by atoms with Crippen LogP contribution in [-0.2, 0) is 10.2 Å². The van der Waals surface area contributed by atoms with Gasteiger partial charge in [-0.3, -0.25) is 20.3 Å². The third-order valence-corrected chi connectivity index (χ3v) is 9.84. The van der Waals surface area contributed by atoms with Gasteiger partial charge in [-0.05, 0) is 69.7 Å². The Labute approximate surface area is 291 Å². The quantitative estimate of drug-likeness (QED) is 0.107. The zero-order valence-corrected chi connectivity index (χ0v) is 30.8. The van der Waals surface area contributed by atoms with Crippen LogP contribution in [-0.4, -0.2) is 78.1 Å². The molecule has 11 heteroatoms. The molecule has 0 saturated carbocycles. The summed E-state index contributed by atoms with van der Waals surface area (Å²) in [5.41, 5.74) is 8.78. The van der Waals surface area contributed by atoms with Crippen LogP contribution in [0.5, 0.6) is 5.75 Å². The van der Waals surface area contributed by atoms with Crippen LogP contribution >= 0.6 is 11.6 Å². The summed E-state index contributed by atoms with van der Waals surface area (Å²) in [7, 11) is 1.61. The number of ether oxygens (including phenoxy) is 1. The minimum Gasteiger partial charge on any atom is -0.492 e. The largest absolute Gasteiger partial charge is 0.492 e. The number of hydrogen-bond donors (Lipinski definition) is 6. The number of carbonyl (C=O) groups is 2.